The van der Waals surface area contributed by atoms with E-state index in [2.05, 4.69) is 5.32 Å². The van der Waals surface area contributed by atoms with E-state index in [1.165, 1.54) is 25.2 Å². The third kappa shape index (κ3) is 4.82. The predicted molar refractivity (Wildman–Crippen MR) is 116 cm³/mol. The van der Waals surface area contributed by atoms with Gasteiger partial charge in [0.25, 0.3) is 5.91 Å². The number of aryl methyl sites for hydroxylation is 1. The number of halogens is 6. The van der Waals surface area contributed by atoms with Crippen molar-refractivity contribution in [2.24, 2.45) is 0 Å². The average Bonchev–Trinajstić information content (AvgIpc) is 3.23. The standard InChI is InChI=1S/C25H20F6N2O3/c1-13-7-8-17(36-13)12-32-22(34)20-18-5-3-4-6-19(18)23(35)33(2)21(20)14-9-15(24(26,27)28)11-16(10-14)25(29,30)31/h3-11,20-21H,12H2,1-2H3,(H,32,34). The number of nitrogens with zero attached hydrogens (tertiary/aromatic N) is 1. The smallest absolute Gasteiger partial charge is 0.416 e. The summed E-state index contributed by atoms with van der Waals surface area (Å²) in [6, 6.07) is 8.98. The Kier molecular flexibility index (Phi) is 6.36. The van der Waals surface area contributed by atoms with Crippen LogP contribution in [0.3, 0.4) is 0 Å². The molecule has 0 fully saturated rings. The second kappa shape index (κ2) is 9.03. The molecule has 0 bridgehead atoms. The van der Waals surface area contributed by atoms with Crippen LogP contribution in [0.2, 0.25) is 0 Å². The van der Waals surface area contributed by atoms with Crippen molar-refractivity contribution < 1.29 is 40.3 Å². The lowest BCUT2D eigenvalue weighted by Crippen LogP contribution is -2.45. The first-order valence-corrected chi connectivity index (χ1v) is 10.8. The van der Waals surface area contributed by atoms with Crippen molar-refractivity contribution in [1.29, 1.82) is 0 Å². The Morgan fingerprint density at radius 2 is 1.58 bits per heavy atom. The molecule has 0 saturated carbocycles. The maximum absolute atomic E-state index is 13.5. The highest BCUT2D eigenvalue weighted by molar-refractivity contribution is 6.01. The topological polar surface area (TPSA) is 62.6 Å². The lowest BCUT2D eigenvalue weighted by atomic mass is 9.78. The predicted octanol–water partition coefficient (Wildman–Crippen LogP) is 5.85. The molecule has 0 spiro atoms. The number of alkyl halides is 6. The van der Waals surface area contributed by atoms with Crippen LogP contribution in [0.5, 0.6) is 0 Å². The third-order valence-electron chi connectivity index (χ3n) is 6.05. The van der Waals surface area contributed by atoms with E-state index in [1.54, 1.807) is 25.1 Å². The van der Waals surface area contributed by atoms with Gasteiger partial charge in [0, 0.05) is 12.6 Å². The normalized spacial score (nSPS) is 18.2. The highest BCUT2D eigenvalue weighted by atomic mass is 19.4. The molecule has 2 unspecified atom stereocenters. The number of amides is 2. The molecule has 1 aliphatic rings. The maximum Gasteiger partial charge on any atom is 0.416 e. The number of likely N-dealkylation sites (N-methyl/N-ethyl adjacent to an activating group) is 1. The Morgan fingerprint density at radius 1 is 0.972 bits per heavy atom. The summed E-state index contributed by atoms with van der Waals surface area (Å²) in [4.78, 5) is 27.5. The van der Waals surface area contributed by atoms with Gasteiger partial charge in [0.05, 0.1) is 29.6 Å². The van der Waals surface area contributed by atoms with Crippen molar-refractivity contribution in [2.75, 3.05) is 7.05 Å². The Hall–Kier alpha value is -3.76. The van der Waals surface area contributed by atoms with E-state index in [4.69, 9.17) is 4.42 Å². The number of carbonyl (C=O) groups is 2. The monoisotopic (exact) mass is 510 g/mol. The van der Waals surface area contributed by atoms with Crippen molar-refractivity contribution in [2.45, 2.75) is 37.8 Å². The van der Waals surface area contributed by atoms with Gasteiger partial charge in [-0.25, -0.2) is 0 Å². The van der Waals surface area contributed by atoms with Crippen molar-refractivity contribution in [3.8, 4) is 0 Å². The second-order valence-electron chi connectivity index (χ2n) is 8.50. The minimum Gasteiger partial charge on any atom is -0.465 e. The minimum atomic E-state index is -5.08. The Labute approximate surface area is 201 Å². The number of carbonyl (C=O) groups excluding carboxylic acids is 2. The van der Waals surface area contributed by atoms with Crippen LogP contribution in [0.4, 0.5) is 26.3 Å². The van der Waals surface area contributed by atoms with Crippen LogP contribution >= 0.6 is 0 Å². The molecule has 1 aliphatic heterocycles. The van der Waals surface area contributed by atoms with Gasteiger partial charge in [-0.1, -0.05) is 18.2 Å². The third-order valence-corrected chi connectivity index (χ3v) is 6.05. The maximum atomic E-state index is 13.5. The first-order chi connectivity index (χ1) is 16.8. The minimum absolute atomic E-state index is 0.0103. The fourth-order valence-electron chi connectivity index (χ4n) is 4.39. The van der Waals surface area contributed by atoms with Gasteiger partial charge in [0.15, 0.2) is 0 Å². The van der Waals surface area contributed by atoms with Crippen LogP contribution in [0, 0.1) is 6.92 Å². The van der Waals surface area contributed by atoms with Gasteiger partial charge in [0.2, 0.25) is 5.91 Å². The number of hydrogen-bond donors (Lipinski definition) is 1. The molecule has 3 aromatic rings. The van der Waals surface area contributed by atoms with Gasteiger partial charge in [-0.3, -0.25) is 9.59 Å². The number of nitrogens with one attached hydrogen (secondary N) is 1. The summed E-state index contributed by atoms with van der Waals surface area (Å²) in [5.74, 6) is -1.61. The largest absolute Gasteiger partial charge is 0.465 e. The number of fused-ring (bicyclic) bond motifs is 1. The summed E-state index contributed by atoms with van der Waals surface area (Å²) in [7, 11) is 1.24. The molecule has 2 amide bonds. The van der Waals surface area contributed by atoms with Crippen molar-refractivity contribution in [3.63, 3.8) is 0 Å². The first kappa shape index (κ1) is 25.3. The fraction of sp³-hybridized carbons (Fsp3) is 0.280. The molecule has 2 heterocycles. The van der Waals surface area contributed by atoms with E-state index < -0.39 is 52.8 Å². The van der Waals surface area contributed by atoms with Gasteiger partial charge < -0.3 is 14.6 Å². The van der Waals surface area contributed by atoms with E-state index in [0.29, 0.717) is 23.7 Å². The van der Waals surface area contributed by atoms with Crippen molar-refractivity contribution >= 4 is 11.8 Å². The summed E-state index contributed by atoms with van der Waals surface area (Å²) in [6.07, 6.45) is -10.2. The Bertz CT molecular complexity index is 1280. The van der Waals surface area contributed by atoms with Gasteiger partial charge in [-0.2, -0.15) is 26.3 Å². The molecular formula is C25H20F6N2O3. The lowest BCUT2D eigenvalue weighted by Gasteiger charge is -2.40. The lowest BCUT2D eigenvalue weighted by molar-refractivity contribution is -0.143. The van der Waals surface area contributed by atoms with E-state index in [-0.39, 0.29) is 23.7 Å². The second-order valence-corrected chi connectivity index (χ2v) is 8.50. The zero-order valence-corrected chi connectivity index (χ0v) is 19.0. The SMILES string of the molecule is Cc1ccc(CNC(=O)C2c3ccccc3C(=O)N(C)C2c2cc(C(F)(F)F)cc(C(F)(F)F)c2)o1. The summed E-state index contributed by atoms with van der Waals surface area (Å²) in [5, 5.41) is 2.63. The zero-order chi connectivity index (χ0) is 26.4. The molecule has 0 saturated heterocycles. The number of furan rings is 1. The zero-order valence-electron chi connectivity index (χ0n) is 19.0. The number of benzene rings is 2. The van der Waals surface area contributed by atoms with Crippen LogP contribution in [-0.4, -0.2) is 23.8 Å². The number of rotatable bonds is 4. The number of hydrogen-bond acceptors (Lipinski definition) is 3. The van der Waals surface area contributed by atoms with Crippen molar-refractivity contribution in [3.05, 3.63) is 93.9 Å². The van der Waals surface area contributed by atoms with Crippen LogP contribution in [0.15, 0.2) is 59.0 Å². The molecule has 2 aromatic carbocycles. The average molecular weight is 510 g/mol. The van der Waals surface area contributed by atoms with E-state index in [0.717, 1.165) is 4.90 Å². The highest BCUT2D eigenvalue weighted by Gasteiger charge is 2.45. The molecule has 2 atom stereocenters. The Balaban J connectivity index is 1.85. The quantitative estimate of drug-likeness (QED) is 0.448. The first-order valence-electron chi connectivity index (χ1n) is 10.8. The van der Waals surface area contributed by atoms with Crippen LogP contribution in [0.25, 0.3) is 0 Å². The summed E-state index contributed by atoms with van der Waals surface area (Å²) < 4.78 is 86.7. The van der Waals surface area contributed by atoms with Gasteiger partial charge >= 0.3 is 12.4 Å². The molecule has 4 rings (SSSR count). The van der Waals surface area contributed by atoms with E-state index in [9.17, 15) is 35.9 Å². The molecule has 11 heteroatoms. The van der Waals surface area contributed by atoms with Gasteiger partial charge in [-0.15, -0.1) is 0 Å². The highest BCUT2D eigenvalue weighted by Crippen LogP contribution is 2.45. The summed E-state index contributed by atoms with van der Waals surface area (Å²) in [5.41, 5.74) is -3.19. The van der Waals surface area contributed by atoms with Crippen LogP contribution in [0.1, 0.15) is 56.1 Å². The van der Waals surface area contributed by atoms with Gasteiger partial charge in [0.1, 0.15) is 11.5 Å². The molecule has 0 radical (unpaired) electrons. The van der Waals surface area contributed by atoms with Gasteiger partial charge in [-0.05, 0) is 54.4 Å². The summed E-state index contributed by atoms with van der Waals surface area (Å²) in [6.45, 7) is 1.64. The van der Waals surface area contributed by atoms with Crippen LogP contribution in [-0.2, 0) is 23.7 Å². The summed E-state index contributed by atoms with van der Waals surface area (Å²) >= 11 is 0. The van der Waals surface area contributed by atoms with E-state index in [1.807, 2.05) is 0 Å². The molecule has 190 valence electrons. The van der Waals surface area contributed by atoms with Crippen molar-refractivity contribution in [1.82, 2.24) is 10.2 Å². The molecule has 1 N–H and O–H groups in total. The molecule has 36 heavy (non-hydrogen) atoms. The van der Waals surface area contributed by atoms with Crippen LogP contribution < -0.4 is 5.32 Å². The molecule has 1 aromatic heterocycles. The molecule has 5 nitrogen and oxygen atoms in total. The molecule has 0 aliphatic carbocycles. The fourth-order valence-corrected chi connectivity index (χ4v) is 4.39. The Morgan fingerprint density at radius 3 is 2.14 bits per heavy atom. The molecular weight excluding hydrogens is 490 g/mol. The van der Waals surface area contributed by atoms with E-state index >= 15 is 0 Å².